The van der Waals surface area contributed by atoms with Gasteiger partial charge in [-0.05, 0) is 18.6 Å². The van der Waals surface area contributed by atoms with Crippen LogP contribution in [-0.4, -0.2) is 22.9 Å². The van der Waals surface area contributed by atoms with Gasteiger partial charge in [-0.25, -0.2) is 0 Å². The predicted molar refractivity (Wildman–Crippen MR) is 69.0 cm³/mol. The summed E-state index contributed by atoms with van der Waals surface area (Å²) in [5.41, 5.74) is 7.40. The molecule has 0 saturated carbocycles. The van der Waals surface area contributed by atoms with Crippen molar-refractivity contribution in [3.8, 4) is 0 Å². The molecule has 92 valence electrons. The Kier molecular flexibility index (Phi) is 3.71. The SMILES string of the molecule is CC(CCO)Sc1ccc2c(c1)NC(=O)C2N. The first-order valence-electron chi connectivity index (χ1n) is 5.59. The maximum atomic E-state index is 11.4. The third-order valence-electron chi connectivity index (χ3n) is 2.77. The first-order chi connectivity index (χ1) is 8.11. The second-order valence-electron chi connectivity index (χ2n) is 4.16. The van der Waals surface area contributed by atoms with E-state index in [9.17, 15) is 4.79 Å². The fraction of sp³-hybridized carbons (Fsp3) is 0.417. The number of aliphatic hydroxyl groups is 1. The summed E-state index contributed by atoms with van der Waals surface area (Å²) in [4.78, 5) is 12.5. The summed E-state index contributed by atoms with van der Waals surface area (Å²) in [5.74, 6) is -0.148. The molecule has 0 radical (unpaired) electrons. The number of hydrogen-bond acceptors (Lipinski definition) is 4. The van der Waals surface area contributed by atoms with E-state index in [2.05, 4.69) is 12.2 Å². The molecule has 2 rings (SSSR count). The molecule has 0 aromatic heterocycles. The van der Waals surface area contributed by atoms with Gasteiger partial charge >= 0.3 is 0 Å². The zero-order chi connectivity index (χ0) is 12.4. The van der Waals surface area contributed by atoms with Gasteiger partial charge in [0.15, 0.2) is 0 Å². The number of carbonyl (C=O) groups excluding carboxylic acids is 1. The van der Waals surface area contributed by atoms with Crippen LogP contribution in [0, 0.1) is 0 Å². The minimum atomic E-state index is -0.543. The van der Waals surface area contributed by atoms with Crippen molar-refractivity contribution in [2.75, 3.05) is 11.9 Å². The van der Waals surface area contributed by atoms with E-state index in [0.29, 0.717) is 5.25 Å². The summed E-state index contributed by atoms with van der Waals surface area (Å²) < 4.78 is 0. The van der Waals surface area contributed by atoms with E-state index in [4.69, 9.17) is 10.8 Å². The third kappa shape index (κ3) is 2.62. The number of nitrogens with two attached hydrogens (primary N) is 1. The van der Waals surface area contributed by atoms with Crippen LogP contribution in [0.3, 0.4) is 0 Å². The second-order valence-corrected chi connectivity index (χ2v) is 5.67. The number of anilines is 1. The first kappa shape index (κ1) is 12.4. The van der Waals surface area contributed by atoms with Gasteiger partial charge in [0.25, 0.3) is 0 Å². The molecule has 17 heavy (non-hydrogen) atoms. The average molecular weight is 252 g/mol. The largest absolute Gasteiger partial charge is 0.396 e. The highest BCUT2D eigenvalue weighted by Crippen LogP contribution is 2.34. The minimum Gasteiger partial charge on any atom is -0.396 e. The van der Waals surface area contributed by atoms with Gasteiger partial charge in [0.2, 0.25) is 5.91 Å². The van der Waals surface area contributed by atoms with Crippen molar-refractivity contribution in [2.45, 2.75) is 29.5 Å². The molecule has 1 amide bonds. The van der Waals surface area contributed by atoms with E-state index in [-0.39, 0.29) is 12.5 Å². The lowest BCUT2D eigenvalue weighted by molar-refractivity contribution is -0.116. The molecule has 4 nitrogen and oxygen atoms in total. The van der Waals surface area contributed by atoms with Crippen LogP contribution < -0.4 is 11.1 Å². The van der Waals surface area contributed by atoms with Gasteiger partial charge in [-0.15, -0.1) is 11.8 Å². The normalized spacial score (nSPS) is 19.9. The molecule has 2 unspecified atom stereocenters. The van der Waals surface area contributed by atoms with E-state index in [1.165, 1.54) is 0 Å². The average Bonchev–Trinajstić information content (AvgIpc) is 2.55. The van der Waals surface area contributed by atoms with Crippen LogP contribution in [0.5, 0.6) is 0 Å². The number of benzene rings is 1. The van der Waals surface area contributed by atoms with Gasteiger partial charge in [0.05, 0.1) is 0 Å². The quantitative estimate of drug-likeness (QED) is 0.710. The second kappa shape index (κ2) is 5.08. The zero-order valence-corrected chi connectivity index (χ0v) is 10.5. The van der Waals surface area contributed by atoms with E-state index < -0.39 is 6.04 Å². The molecule has 0 fully saturated rings. The topological polar surface area (TPSA) is 75.3 Å². The summed E-state index contributed by atoms with van der Waals surface area (Å²) in [6.07, 6.45) is 0.758. The Morgan fingerprint density at radius 3 is 3.06 bits per heavy atom. The molecule has 0 saturated heterocycles. The van der Waals surface area contributed by atoms with Crippen molar-refractivity contribution in [1.29, 1.82) is 0 Å². The van der Waals surface area contributed by atoms with Gasteiger partial charge < -0.3 is 16.2 Å². The number of nitrogens with one attached hydrogen (secondary N) is 1. The Labute approximate surface area is 105 Å². The first-order valence-corrected chi connectivity index (χ1v) is 6.47. The molecule has 0 spiro atoms. The highest BCUT2D eigenvalue weighted by atomic mass is 32.2. The Hall–Kier alpha value is -1.04. The molecule has 1 heterocycles. The number of aliphatic hydroxyl groups excluding tert-OH is 1. The summed E-state index contributed by atoms with van der Waals surface area (Å²) >= 11 is 1.68. The lowest BCUT2D eigenvalue weighted by Gasteiger charge is -2.10. The highest BCUT2D eigenvalue weighted by molar-refractivity contribution is 7.99. The fourth-order valence-electron chi connectivity index (χ4n) is 1.81. The van der Waals surface area contributed by atoms with Gasteiger partial charge in [0.1, 0.15) is 6.04 Å². The smallest absolute Gasteiger partial charge is 0.245 e. The van der Waals surface area contributed by atoms with Crippen molar-refractivity contribution < 1.29 is 9.90 Å². The molecule has 0 bridgehead atoms. The molecule has 2 atom stereocenters. The molecular weight excluding hydrogens is 236 g/mol. The monoisotopic (exact) mass is 252 g/mol. The Morgan fingerprint density at radius 1 is 1.59 bits per heavy atom. The van der Waals surface area contributed by atoms with Crippen LogP contribution in [0.25, 0.3) is 0 Å². The van der Waals surface area contributed by atoms with Crippen molar-refractivity contribution in [3.05, 3.63) is 23.8 Å². The van der Waals surface area contributed by atoms with E-state index in [0.717, 1.165) is 22.6 Å². The third-order valence-corrected chi connectivity index (χ3v) is 3.94. The Morgan fingerprint density at radius 2 is 2.35 bits per heavy atom. The summed E-state index contributed by atoms with van der Waals surface area (Å²) in [5, 5.41) is 12.0. The van der Waals surface area contributed by atoms with Crippen LogP contribution in [-0.2, 0) is 4.79 Å². The van der Waals surface area contributed by atoms with E-state index in [1.54, 1.807) is 11.8 Å². The number of carbonyl (C=O) groups is 1. The molecule has 1 aliphatic rings. The van der Waals surface area contributed by atoms with E-state index in [1.807, 2.05) is 18.2 Å². The van der Waals surface area contributed by atoms with Gasteiger partial charge in [-0.1, -0.05) is 13.0 Å². The molecule has 4 N–H and O–H groups in total. The zero-order valence-electron chi connectivity index (χ0n) is 9.64. The number of hydrogen-bond donors (Lipinski definition) is 3. The Bertz CT molecular complexity index is 437. The van der Waals surface area contributed by atoms with Crippen molar-refractivity contribution in [2.24, 2.45) is 5.73 Å². The van der Waals surface area contributed by atoms with Crippen LogP contribution in [0.15, 0.2) is 23.1 Å². The number of fused-ring (bicyclic) bond motifs is 1. The van der Waals surface area contributed by atoms with Crippen molar-refractivity contribution in [1.82, 2.24) is 0 Å². The van der Waals surface area contributed by atoms with E-state index >= 15 is 0 Å². The molecular formula is C12H16N2O2S. The number of rotatable bonds is 4. The van der Waals surface area contributed by atoms with Crippen LogP contribution in [0.2, 0.25) is 0 Å². The maximum absolute atomic E-state index is 11.4. The van der Waals surface area contributed by atoms with Crippen LogP contribution in [0.1, 0.15) is 24.9 Å². The molecule has 1 aromatic rings. The minimum absolute atomic E-state index is 0.148. The standard InChI is InChI=1S/C12H16N2O2S/c1-7(4-5-15)17-8-2-3-9-10(6-8)14-12(16)11(9)13/h2-3,6-7,11,15H,4-5,13H2,1H3,(H,14,16). The van der Waals surface area contributed by atoms with Crippen molar-refractivity contribution in [3.63, 3.8) is 0 Å². The van der Waals surface area contributed by atoms with Crippen LogP contribution >= 0.6 is 11.8 Å². The van der Waals surface area contributed by atoms with Gasteiger partial charge in [-0.2, -0.15) is 0 Å². The summed E-state index contributed by atoms with van der Waals surface area (Å²) in [7, 11) is 0. The molecule has 1 aliphatic heterocycles. The molecule has 0 aliphatic carbocycles. The van der Waals surface area contributed by atoms with Gasteiger partial charge in [0, 0.05) is 28.0 Å². The van der Waals surface area contributed by atoms with Crippen molar-refractivity contribution >= 4 is 23.4 Å². The predicted octanol–water partition coefficient (Wildman–Crippen LogP) is 1.50. The fourth-order valence-corrected chi connectivity index (χ4v) is 2.83. The molecule has 5 heteroatoms. The summed E-state index contributed by atoms with van der Waals surface area (Å²) in [6.45, 7) is 2.26. The molecule has 1 aromatic carbocycles. The lowest BCUT2D eigenvalue weighted by atomic mass is 10.1. The number of thioether (sulfide) groups is 1. The summed E-state index contributed by atoms with van der Waals surface area (Å²) in [6, 6.07) is 5.26. The van der Waals surface area contributed by atoms with Crippen LogP contribution in [0.4, 0.5) is 5.69 Å². The number of amides is 1. The highest BCUT2D eigenvalue weighted by Gasteiger charge is 2.27. The lowest BCUT2D eigenvalue weighted by Crippen LogP contribution is -2.19. The van der Waals surface area contributed by atoms with Gasteiger partial charge in [-0.3, -0.25) is 4.79 Å². The Balaban J connectivity index is 2.13. The maximum Gasteiger partial charge on any atom is 0.245 e.